The van der Waals surface area contributed by atoms with Gasteiger partial charge in [0.05, 0.1) is 24.8 Å². The van der Waals surface area contributed by atoms with E-state index >= 15 is 0 Å². The summed E-state index contributed by atoms with van der Waals surface area (Å²) in [5.41, 5.74) is -1.15. The minimum atomic E-state index is -4.58. The standard InChI is InChI=1S/C17H19F3N2O5.CH2O2/c1-27-14(24)8-21-15(25)10-6-12(13(23)7-10)22-16(26)9-3-2-4-11(5-9)17(18,19)20;2-1-3/h2-5,10,12-13,23H,6-8H2,1H3,(H,21,25)(H,22,26);1H,(H,2,3)/t10-,12+,13+;/m0./s1. The molecule has 0 radical (unpaired) electrons. The SMILES string of the molecule is COC(=O)CNC(=O)[C@@H]1C[C@@H](O)[C@H](NC(=O)c2cccc(C(F)(F)F)c2)C1.O=CO. The fourth-order valence-corrected chi connectivity index (χ4v) is 2.85. The van der Waals surface area contributed by atoms with Crippen molar-refractivity contribution in [3.8, 4) is 0 Å². The lowest BCUT2D eigenvalue weighted by Gasteiger charge is -2.17. The predicted octanol–water partition coefficient (Wildman–Crippen LogP) is 0.565. The lowest BCUT2D eigenvalue weighted by Crippen LogP contribution is -2.40. The largest absolute Gasteiger partial charge is 0.483 e. The van der Waals surface area contributed by atoms with E-state index in [9.17, 15) is 32.7 Å². The molecule has 2 amide bonds. The first-order chi connectivity index (χ1) is 14.0. The van der Waals surface area contributed by atoms with Gasteiger partial charge in [0.2, 0.25) is 5.91 Å². The van der Waals surface area contributed by atoms with Gasteiger partial charge in [-0.2, -0.15) is 13.2 Å². The summed E-state index contributed by atoms with van der Waals surface area (Å²) < 4.78 is 42.6. The molecule has 0 heterocycles. The third kappa shape index (κ3) is 7.35. The van der Waals surface area contributed by atoms with Crippen LogP contribution in [0.1, 0.15) is 28.8 Å². The lowest BCUT2D eigenvalue weighted by atomic mass is 10.1. The highest BCUT2D eigenvalue weighted by Gasteiger charge is 2.38. The number of methoxy groups -OCH3 is 1. The van der Waals surface area contributed by atoms with Crippen molar-refractivity contribution in [1.29, 1.82) is 0 Å². The number of amides is 2. The van der Waals surface area contributed by atoms with Crippen LogP contribution in [0.5, 0.6) is 0 Å². The van der Waals surface area contributed by atoms with Crippen LogP contribution in [-0.4, -0.2) is 60.3 Å². The molecule has 2 rings (SSSR count). The molecule has 0 aliphatic heterocycles. The molecule has 0 spiro atoms. The Hall–Kier alpha value is -3.15. The van der Waals surface area contributed by atoms with Crippen LogP contribution in [0.15, 0.2) is 24.3 Å². The number of rotatable bonds is 5. The third-order valence-electron chi connectivity index (χ3n) is 4.30. The van der Waals surface area contributed by atoms with E-state index in [-0.39, 0.29) is 31.4 Å². The van der Waals surface area contributed by atoms with Gasteiger partial charge in [-0.15, -0.1) is 0 Å². The number of aliphatic hydroxyl groups is 1. The number of nitrogens with one attached hydrogen (secondary N) is 2. The van der Waals surface area contributed by atoms with Crippen LogP contribution in [0.2, 0.25) is 0 Å². The van der Waals surface area contributed by atoms with Crippen LogP contribution in [0, 0.1) is 5.92 Å². The molecule has 0 aromatic heterocycles. The molecular formula is C18H21F3N2O7. The Bertz CT molecular complexity index is 770. The second-order valence-electron chi connectivity index (χ2n) is 6.29. The van der Waals surface area contributed by atoms with E-state index in [1.165, 1.54) is 13.2 Å². The molecule has 0 bridgehead atoms. The van der Waals surface area contributed by atoms with Crippen LogP contribution in [0.25, 0.3) is 0 Å². The van der Waals surface area contributed by atoms with Crippen molar-refractivity contribution in [3.63, 3.8) is 0 Å². The topological polar surface area (TPSA) is 142 Å². The number of esters is 1. The maximum atomic E-state index is 12.7. The van der Waals surface area contributed by atoms with E-state index in [0.717, 1.165) is 18.2 Å². The minimum absolute atomic E-state index is 0.0561. The molecule has 1 aliphatic carbocycles. The number of halogens is 3. The zero-order chi connectivity index (χ0) is 22.9. The third-order valence-corrected chi connectivity index (χ3v) is 4.30. The van der Waals surface area contributed by atoms with Gasteiger partial charge >= 0.3 is 12.1 Å². The Kier molecular flexibility index (Phi) is 9.24. The second-order valence-corrected chi connectivity index (χ2v) is 6.29. The molecule has 1 saturated carbocycles. The van der Waals surface area contributed by atoms with Gasteiger partial charge in [-0.1, -0.05) is 6.07 Å². The summed E-state index contributed by atoms with van der Waals surface area (Å²) in [6, 6.07) is 3.12. The van der Waals surface area contributed by atoms with E-state index in [2.05, 4.69) is 15.4 Å². The van der Waals surface area contributed by atoms with Crippen LogP contribution in [0.3, 0.4) is 0 Å². The van der Waals surface area contributed by atoms with Crippen LogP contribution in [-0.2, 0) is 25.3 Å². The quantitative estimate of drug-likeness (QED) is 0.392. The number of alkyl halides is 3. The molecule has 9 nitrogen and oxygen atoms in total. The van der Waals surface area contributed by atoms with Crippen molar-refractivity contribution in [2.24, 2.45) is 5.92 Å². The first-order valence-corrected chi connectivity index (χ1v) is 8.62. The average molecular weight is 434 g/mol. The van der Waals surface area contributed by atoms with Crippen molar-refractivity contribution < 1.29 is 47.3 Å². The Labute approximate surface area is 169 Å². The molecule has 1 aliphatic rings. The predicted molar refractivity (Wildman–Crippen MR) is 95.1 cm³/mol. The average Bonchev–Trinajstić information content (AvgIpc) is 3.06. The summed E-state index contributed by atoms with van der Waals surface area (Å²) in [5.74, 6) is -2.52. The monoisotopic (exact) mass is 434 g/mol. The summed E-state index contributed by atoms with van der Waals surface area (Å²) in [4.78, 5) is 43.6. The maximum absolute atomic E-state index is 12.7. The Morgan fingerprint density at radius 2 is 1.90 bits per heavy atom. The van der Waals surface area contributed by atoms with Crippen molar-refractivity contribution >= 4 is 24.3 Å². The van der Waals surface area contributed by atoms with Crippen molar-refractivity contribution in [2.45, 2.75) is 31.2 Å². The number of ether oxygens (including phenoxy) is 1. The molecule has 0 saturated heterocycles. The summed E-state index contributed by atoms with van der Waals surface area (Å²) in [6.45, 7) is -0.566. The fraction of sp³-hybridized carbons (Fsp3) is 0.444. The van der Waals surface area contributed by atoms with Crippen molar-refractivity contribution in [1.82, 2.24) is 10.6 Å². The highest BCUT2D eigenvalue weighted by Crippen LogP contribution is 2.30. The molecule has 1 fully saturated rings. The number of hydrogen-bond acceptors (Lipinski definition) is 6. The Morgan fingerprint density at radius 1 is 1.27 bits per heavy atom. The van der Waals surface area contributed by atoms with Crippen molar-refractivity contribution in [2.75, 3.05) is 13.7 Å². The van der Waals surface area contributed by atoms with Gasteiger partial charge in [-0.3, -0.25) is 19.2 Å². The van der Waals surface area contributed by atoms with E-state index in [0.29, 0.717) is 0 Å². The van der Waals surface area contributed by atoms with Crippen LogP contribution in [0.4, 0.5) is 13.2 Å². The summed E-state index contributed by atoms with van der Waals surface area (Å²) in [7, 11) is 1.17. The van der Waals surface area contributed by atoms with E-state index in [1.54, 1.807) is 0 Å². The molecular weight excluding hydrogens is 413 g/mol. The van der Waals surface area contributed by atoms with E-state index in [4.69, 9.17) is 9.90 Å². The molecule has 4 N–H and O–H groups in total. The number of carbonyl (C=O) groups excluding carboxylic acids is 3. The van der Waals surface area contributed by atoms with Crippen molar-refractivity contribution in [3.05, 3.63) is 35.4 Å². The number of hydrogen-bond donors (Lipinski definition) is 4. The van der Waals surface area contributed by atoms with Crippen LogP contribution < -0.4 is 10.6 Å². The number of benzene rings is 1. The highest BCUT2D eigenvalue weighted by atomic mass is 19.4. The van der Waals surface area contributed by atoms with Crippen LogP contribution >= 0.6 is 0 Å². The molecule has 30 heavy (non-hydrogen) atoms. The minimum Gasteiger partial charge on any atom is -0.483 e. The number of carboxylic acid groups (broad SMARTS) is 1. The highest BCUT2D eigenvalue weighted by molar-refractivity contribution is 5.94. The van der Waals surface area contributed by atoms with E-state index in [1.807, 2.05) is 0 Å². The van der Waals surface area contributed by atoms with Gasteiger partial charge in [0.25, 0.3) is 12.4 Å². The lowest BCUT2D eigenvalue weighted by molar-refractivity contribution is -0.141. The second kappa shape index (κ2) is 11.1. The molecule has 1 aromatic carbocycles. The summed E-state index contributed by atoms with van der Waals surface area (Å²) in [5, 5.41) is 21.8. The summed E-state index contributed by atoms with van der Waals surface area (Å²) in [6.07, 6.45) is -5.46. The maximum Gasteiger partial charge on any atom is 0.416 e. The normalized spacial score (nSPS) is 20.4. The Balaban J connectivity index is 0.00000141. The fourth-order valence-electron chi connectivity index (χ4n) is 2.85. The molecule has 1 aromatic rings. The molecule has 12 heteroatoms. The zero-order valence-corrected chi connectivity index (χ0v) is 15.8. The number of aliphatic hydroxyl groups excluding tert-OH is 1. The first kappa shape index (κ1) is 24.9. The zero-order valence-electron chi connectivity index (χ0n) is 15.8. The molecule has 0 unspecified atom stereocenters. The molecule has 166 valence electrons. The van der Waals surface area contributed by atoms with Gasteiger partial charge in [0, 0.05) is 11.5 Å². The molecule has 3 atom stereocenters. The van der Waals surface area contributed by atoms with Gasteiger partial charge in [0.1, 0.15) is 6.54 Å². The smallest absolute Gasteiger partial charge is 0.416 e. The first-order valence-electron chi connectivity index (χ1n) is 8.62. The van der Waals surface area contributed by atoms with Gasteiger partial charge in [0.15, 0.2) is 0 Å². The number of carbonyl (C=O) groups is 4. The summed E-state index contributed by atoms with van der Waals surface area (Å²) >= 11 is 0. The Morgan fingerprint density at radius 3 is 2.47 bits per heavy atom. The van der Waals surface area contributed by atoms with Gasteiger partial charge < -0.3 is 25.6 Å². The van der Waals surface area contributed by atoms with Gasteiger partial charge in [-0.05, 0) is 31.0 Å². The van der Waals surface area contributed by atoms with Gasteiger partial charge in [-0.25, -0.2) is 0 Å². The van der Waals surface area contributed by atoms with E-state index < -0.39 is 47.6 Å².